The standard InChI is InChI=1S/C40H46O4S2/c1-2-6-10-14-26-42-34-20-18-22-36-38(34)32-24-30-46-40(32)39-31(23-29-45-39)37-33(41-25-13-9-5-1)19-17-21-35(37)43-27-15-11-7-3-4-8-12-16-28-44-36/h1-4,17-24,29-30H,5-16,25-28H2/b2-1+,4-3+. The fourth-order valence-electron chi connectivity index (χ4n) is 6.05. The molecule has 0 N–H and O–H groups in total. The largest absolute Gasteiger partial charge is 0.493 e. The average molecular weight is 655 g/mol. The average Bonchev–Trinajstić information content (AvgIpc) is 3.75. The van der Waals surface area contributed by atoms with Gasteiger partial charge in [0.2, 0.25) is 0 Å². The van der Waals surface area contributed by atoms with Gasteiger partial charge >= 0.3 is 0 Å². The number of hydrogen-bond donors (Lipinski definition) is 0. The van der Waals surface area contributed by atoms with E-state index in [1.807, 2.05) is 0 Å². The lowest BCUT2D eigenvalue weighted by molar-refractivity contribution is 0.294. The fourth-order valence-corrected chi connectivity index (χ4v) is 8.05. The van der Waals surface area contributed by atoms with Crippen molar-refractivity contribution in [2.75, 3.05) is 26.4 Å². The van der Waals surface area contributed by atoms with E-state index in [-0.39, 0.29) is 0 Å². The van der Waals surface area contributed by atoms with E-state index in [1.54, 1.807) is 22.7 Å². The van der Waals surface area contributed by atoms with Crippen LogP contribution in [-0.4, -0.2) is 26.4 Å². The van der Waals surface area contributed by atoms with Crippen LogP contribution in [0.2, 0.25) is 0 Å². The third-order valence-corrected chi connectivity index (χ3v) is 10.5. The summed E-state index contributed by atoms with van der Waals surface area (Å²) in [7, 11) is 0. The van der Waals surface area contributed by atoms with Gasteiger partial charge in [-0.2, -0.15) is 0 Å². The van der Waals surface area contributed by atoms with Gasteiger partial charge in [-0.15, -0.1) is 22.7 Å². The summed E-state index contributed by atoms with van der Waals surface area (Å²) < 4.78 is 26.2. The number of thiophene rings is 2. The quantitative estimate of drug-likeness (QED) is 0.177. The predicted octanol–water partition coefficient (Wildman–Crippen LogP) is 12.1. The first-order valence-electron chi connectivity index (χ1n) is 17.1. The van der Waals surface area contributed by atoms with Gasteiger partial charge in [-0.05, 0) is 124 Å². The Morgan fingerprint density at radius 3 is 1.04 bits per heavy atom. The second-order valence-electron chi connectivity index (χ2n) is 11.9. The zero-order valence-electron chi connectivity index (χ0n) is 26.8. The van der Waals surface area contributed by atoms with E-state index in [1.165, 1.54) is 9.75 Å². The molecule has 2 aromatic carbocycles. The smallest absolute Gasteiger partial charge is 0.130 e. The molecule has 2 bridgehead atoms. The van der Waals surface area contributed by atoms with Crippen molar-refractivity contribution in [3.8, 4) is 55.0 Å². The third kappa shape index (κ3) is 8.45. The molecule has 4 heterocycles. The highest BCUT2D eigenvalue weighted by atomic mass is 32.1. The van der Waals surface area contributed by atoms with E-state index in [0.717, 1.165) is 122 Å². The van der Waals surface area contributed by atoms with Gasteiger partial charge < -0.3 is 18.9 Å². The third-order valence-electron chi connectivity index (χ3n) is 8.48. The van der Waals surface area contributed by atoms with Crippen LogP contribution in [0.25, 0.3) is 32.0 Å². The summed E-state index contributed by atoms with van der Waals surface area (Å²) in [5.74, 6) is 3.55. The van der Waals surface area contributed by atoms with Crippen LogP contribution in [0.3, 0.4) is 0 Å². The lowest BCUT2D eigenvalue weighted by Crippen LogP contribution is -2.03. The van der Waals surface area contributed by atoms with E-state index in [4.69, 9.17) is 18.9 Å². The minimum atomic E-state index is 0.686. The summed E-state index contributed by atoms with van der Waals surface area (Å²) >= 11 is 3.54. The molecule has 0 unspecified atom stereocenters. The van der Waals surface area contributed by atoms with Gasteiger partial charge in [0, 0.05) is 11.1 Å². The van der Waals surface area contributed by atoms with E-state index < -0.39 is 0 Å². The first-order valence-corrected chi connectivity index (χ1v) is 18.9. The Kier molecular flexibility index (Phi) is 12.3. The van der Waals surface area contributed by atoms with Crippen LogP contribution < -0.4 is 18.9 Å². The van der Waals surface area contributed by atoms with E-state index in [9.17, 15) is 0 Å². The van der Waals surface area contributed by atoms with Gasteiger partial charge in [-0.25, -0.2) is 0 Å². The van der Waals surface area contributed by atoms with Gasteiger partial charge in [0.15, 0.2) is 0 Å². The van der Waals surface area contributed by atoms with Crippen LogP contribution in [0.15, 0.2) is 83.6 Å². The maximum atomic E-state index is 6.55. The second kappa shape index (κ2) is 17.4. The topological polar surface area (TPSA) is 36.9 Å². The molecule has 242 valence electrons. The molecule has 0 amide bonds. The number of hydrogen-bond acceptors (Lipinski definition) is 6. The molecule has 2 aliphatic rings. The van der Waals surface area contributed by atoms with E-state index in [0.29, 0.717) is 26.4 Å². The molecule has 0 spiro atoms. The van der Waals surface area contributed by atoms with Gasteiger partial charge in [0.25, 0.3) is 0 Å². The van der Waals surface area contributed by atoms with Crippen molar-refractivity contribution < 1.29 is 18.9 Å². The second-order valence-corrected chi connectivity index (χ2v) is 13.7. The van der Waals surface area contributed by atoms with Crippen LogP contribution >= 0.6 is 22.7 Å². The molecular weight excluding hydrogens is 609 g/mol. The van der Waals surface area contributed by atoms with Crippen molar-refractivity contribution in [1.82, 2.24) is 0 Å². The Bertz CT molecular complexity index is 1390. The molecular formula is C40H46O4S2. The molecule has 0 fully saturated rings. The summed E-state index contributed by atoms with van der Waals surface area (Å²) in [4.78, 5) is 2.43. The number of ether oxygens (including phenoxy) is 4. The predicted molar refractivity (Wildman–Crippen MR) is 194 cm³/mol. The molecule has 4 nitrogen and oxygen atoms in total. The Balaban J connectivity index is 1.46. The first kappa shape index (κ1) is 32.5. The van der Waals surface area contributed by atoms with Crippen molar-refractivity contribution in [1.29, 1.82) is 0 Å². The molecule has 0 atom stereocenters. The summed E-state index contributed by atoms with van der Waals surface area (Å²) in [6.45, 7) is 2.75. The van der Waals surface area contributed by atoms with Crippen molar-refractivity contribution >= 4 is 22.7 Å². The molecule has 2 aromatic heterocycles. The SMILES string of the molecule is C1=C/CCCCOc2cccc3c2-c2ccsc2-c2sccc2-c2c(cccc2OCCCC/C=C/CCCCO3)OCCCC/1. The molecule has 6 heteroatoms. The van der Waals surface area contributed by atoms with Gasteiger partial charge in [-0.3, -0.25) is 0 Å². The molecule has 0 radical (unpaired) electrons. The van der Waals surface area contributed by atoms with E-state index >= 15 is 0 Å². The van der Waals surface area contributed by atoms with Crippen LogP contribution in [-0.2, 0) is 0 Å². The lowest BCUT2D eigenvalue weighted by atomic mass is 9.99. The highest BCUT2D eigenvalue weighted by molar-refractivity contribution is 7.21. The van der Waals surface area contributed by atoms with Crippen molar-refractivity contribution in [2.45, 2.75) is 77.0 Å². The summed E-state index contributed by atoms with van der Waals surface area (Å²) in [6.07, 6.45) is 22.1. The van der Waals surface area contributed by atoms with Crippen molar-refractivity contribution in [2.24, 2.45) is 0 Å². The van der Waals surface area contributed by atoms with Gasteiger partial charge in [0.1, 0.15) is 23.0 Å². The monoisotopic (exact) mass is 654 g/mol. The van der Waals surface area contributed by atoms with E-state index in [2.05, 4.69) is 83.6 Å². The zero-order chi connectivity index (χ0) is 31.2. The van der Waals surface area contributed by atoms with Crippen LogP contribution in [0.5, 0.6) is 23.0 Å². The van der Waals surface area contributed by atoms with Crippen molar-refractivity contribution in [3.05, 3.63) is 83.6 Å². The van der Waals surface area contributed by atoms with Gasteiger partial charge in [0.05, 0.1) is 47.3 Å². The molecule has 46 heavy (non-hydrogen) atoms. The Labute approximate surface area is 282 Å². The lowest BCUT2D eigenvalue weighted by Gasteiger charge is -2.19. The normalized spacial score (nSPS) is 18.5. The minimum absolute atomic E-state index is 0.686. The summed E-state index contributed by atoms with van der Waals surface area (Å²) in [5.41, 5.74) is 4.38. The zero-order valence-corrected chi connectivity index (χ0v) is 28.5. The van der Waals surface area contributed by atoms with Crippen LogP contribution in [0.1, 0.15) is 77.0 Å². The summed E-state index contributed by atoms with van der Waals surface area (Å²) in [6, 6.07) is 17.0. The maximum absolute atomic E-state index is 6.55. The molecule has 4 aromatic rings. The number of allylic oxidation sites excluding steroid dienone is 4. The molecule has 2 aliphatic heterocycles. The molecule has 6 rings (SSSR count). The summed E-state index contributed by atoms with van der Waals surface area (Å²) in [5, 5.41) is 4.39. The Morgan fingerprint density at radius 2 is 0.717 bits per heavy atom. The van der Waals surface area contributed by atoms with Crippen LogP contribution in [0.4, 0.5) is 0 Å². The number of benzene rings is 2. The number of rotatable bonds is 0. The first-order chi connectivity index (χ1) is 22.9. The minimum Gasteiger partial charge on any atom is -0.493 e. The highest BCUT2D eigenvalue weighted by Gasteiger charge is 2.24. The van der Waals surface area contributed by atoms with Crippen molar-refractivity contribution in [3.63, 3.8) is 0 Å². The fraction of sp³-hybridized carbons (Fsp3) is 0.400. The van der Waals surface area contributed by atoms with Gasteiger partial charge in [-0.1, -0.05) is 36.4 Å². The molecule has 0 aliphatic carbocycles. The van der Waals surface area contributed by atoms with Crippen LogP contribution in [0, 0.1) is 0 Å². The highest BCUT2D eigenvalue weighted by Crippen LogP contribution is 2.52. The maximum Gasteiger partial charge on any atom is 0.130 e. The Hall–Kier alpha value is -3.48. The molecule has 0 saturated heterocycles. The molecule has 0 saturated carbocycles. The Morgan fingerprint density at radius 1 is 0.391 bits per heavy atom.